The topological polar surface area (TPSA) is 0 Å². The molecule has 0 atom stereocenters. The van der Waals surface area contributed by atoms with Gasteiger partial charge in [-0.15, -0.1) is 0 Å². The van der Waals surface area contributed by atoms with Gasteiger partial charge in [0.2, 0.25) is 0 Å². The summed E-state index contributed by atoms with van der Waals surface area (Å²) in [7, 11) is 0. The first-order valence-electron chi connectivity index (χ1n) is 8.16. The van der Waals surface area contributed by atoms with Crippen molar-refractivity contribution in [3.63, 3.8) is 0 Å². The van der Waals surface area contributed by atoms with Crippen LogP contribution in [0.5, 0.6) is 0 Å². The minimum absolute atomic E-state index is 0.150. The largest absolute Gasteiger partial charge is 0.0616 e. The minimum atomic E-state index is 0.150. The zero-order valence-corrected chi connectivity index (χ0v) is 16.7. The van der Waals surface area contributed by atoms with Gasteiger partial charge in [0.1, 0.15) is 0 Å². The highest BCUT2D eigenvalue weighted by Crippen LogP contribution is 2.31. The second-order valence-electron chi connectivity index (χ2n) is 8.20. The van der Waals surface area contributed by atoms with E-state index in [4.69, 9.17) is 0 Å². The summed E-state index contributed by atoms with van der Waals surface area (Å²) in [6.07, 6.45) is 4.39. The molecule has 0 fully saturated rings. The van der Waals surface area contributed by atoms with Gasteiger partial charge in [-0.2, -0.15) is 0 Å². The molecule has 1 heteroatoms. The van der Waals surface area contributed by atoms with Crippen molar-refractivity contribution >= 4 is 28.1 Å². The quantitative estimate of drug-likeness (QED) is 0.489. The Morgan fingerprint density at radius 2 is 1.26 bits per heavy atom. The van der Waals surface area contributed by atoms with E-state index in [1.54, 1.807) is 0 Å². The third kappa shape index (κ3) is 4.81. The van der Waals surface area contributed by atoms with Crippen LogP contribution in [0, 0.1) is 0 Å². The van der Waals surface area contributed by atoms with Gasteiger partial charge in [-0.25, -0.2) is 0 Å². The van der Waals surface area contributed by atoms with E-state index in [-0.39, 0.29) is 10.8 Å². The summed E-state index contributed by atoms with van der Waals surface area (Å²) in [5.41, 5.74) is 5.53. The van der Waals surface area contributed by atoms with Crippen molar-refractivity contribution < 1.29 is 0 Å². The Kier molecular flexibility index (Phi) is 5.20. The maximum absolute atomic E-state index is 3.61. The van der Waals surface area contributed by atoms with Gasteiger partial charge < -0.3 is 0 Å². The fourth-order valence-corrected chi connectivity index (χ4v) is 2.83. The van der Waals surface area contributed by atoms with Crippen molar-refractivity contribution in [1.82, 2.24) is 0 Å². The van der Waals surface area contributed by atoms with Gasteiger partial charge >= 0.3 is 0 Å². The molecule has 0 bridgehead atoms. The number of hydrogen-bond donors (Lipinski definition) is 0. The van der Waals surface area contributed by atoms with E-state index in [1.165, 1.54) is 22.3 Å². The van der Waals surface area contributed by atoms with Crippen molar-refractivity contribution in [2.24, 2.45) is 0 Å². The van der Waals surface area contributed by atoms with Crippen LogP contribution in [0.3, 0.4) is 0 Å². The first-order valence-corrected chi connectivity index (χ1v) is 8.95. The lowest BCUT2D eigenvalue weighted by Crippen LogP contribution is -2.16. The highest BCUT2D eigenvalue weighted by molar-refractivity contribution is 9.10. The lowest BCUT2D eigenvalue weighted by molar-refractivity contribution is 0.568. The second-order valence-corrected chi connectivity index (χ2v) is 9.05. The molecule has 0 saturated heterocycles. The Hall–Kier alpha value is -1.34. The molecule has 0 aliphatic rings. The zero-order chi connectivity index (χ0) is 17.3. The molecule has 2 rings (SSSR count). The van der Waals surface area contributed by atoms with Gasteiger partial charge in [0.15, 0.2) is 0 Å². The van der Waals surface area contributed by atoms with Crippen molar-refractivity contribution in [1.29, 1.82) is 0 Å². The Balaban J connectivity index is 2.48. The number of benzene rings is 2. The summed E-state index contributed by atoms with van der Waals surface area (Å²) in [4.78, 5) is 0. The molecule has 0 unspecified atom stereocenters. The third-order valence-corrected chi connectivity index (χ3v) is 4.77. The summed E-state index contributed by atoms with van der Waals surface area (Å²) >= 11 is 3.61. The minimum Gasteiger partial charge on any atom is -0.0616 e. The van der Waals surface area contributed by atoms with Gasteiger partial charge in [0.25, 0.3) is 0 Å². The lowest BCUT2D eigenvalue weighted by atomic mass is 9.79. The average Bonchev–Trinajstić information content (AvgIpc) is 2.44. The van der Waals surface area contributed by atoms with Crippen molar-refractivity contribution in [2.45, 2.75) is 52.4 Å². The molecule has 0 heterocycles. The van der Waals surface area contributed by atoms with Crippen molar-refractivity contribution in [3.8, 4) is 0 Å². The third-order valence-electron chi connectivity index (χ3n) is 4.05. The summed E-state index contributed by atoms with van der Waals surface area (Å²) in [6.45, 7) is 13.6. The van der Waals surface area contributed by atoms with Crippen molar-refractivity contribution in [2.75, 3.05) is 0 Å². The molecule has 0 nitrogen and oxygen atoms in total. The molecule has 2 aromatic rings. The van der Waals surface area contributed by atoms with E-state index < -0.39 is 0 Å². The Morgan fingerprint density at radius 1 is 0.739 bits per heavy atom. The van der Waals surface area contributed by atoms with Crippen LogP contribution < -0.4 is 0 Å². The van der Waals surface area contributed by atoms with Crippen molar-refractivity contribution in [3.05, 3.63) is 69.2 Å². The highest BCUT2D eigenvalue weighted by atomic mass is 79.9. The Labute approximate surface area is 149 Å². The van der Waals surface area contributed by atoms with Crippen LogP contribution in [0.1, 0.15) is 63.8 Å². The maximum Gasteiger partial charge on any atom is 0.0247 e. The van der Waals surface area contributed by atoms with Gasteiger partial charge in [-0.3, -0.25) is 0 Å². The number of rotatable bonds is 2. The van der Waals surface area contributed by atoms with Crippen LogP contribution in [0.2, 0.25) is 0 Å². The van der Waals surface area contributed by atoms with E-state index in [2.05, 4.69) is 106 Å². The Morgan fingerprint density at radius 3 is 1.74 bits per heavy atom. The molecule has 0 aliphatic carbocycles. The zero-order valence-electron chi connectivity index (χ0n) is 15.1. The Bertz CT molecular complexity index is 677. The fraction of sp³-hybridized carbons (Fsp3) is 0.364. The predicted octanol–water partition coefficient (Wildman–Crippen LogP) is 7.21. The first kappa shape index (κ1) is 18.0. The normalized spacial score (nSPS) is 12.8. The van der Waals surface area contributed by atoms with E-state index in [1.807, 2.05) is 6.07 Å². The average molecular weight is 371 g/mol. The van der Waals surface area contributed by atoms with E-state index in [9.17, 15) is 0 Å². The molecule has 23 heavy (non-hydrogen) atoms. The number of hydrogen-bond acceptors (Lipinski definition) is 0. The maximum atomic E-state index is 3.61. The smallest absolute Gasteiger partial charge is 0.0247 e. The van der Waals surface area contributed by atoms with Crippen LogP contribution >= 0.6 is 15.9 Å². The molecule has 0 amide bonds. The molecule has 2 aromatic carbocycles. The van der Waals surface area contributed by atoms with Gasteiger partial charge in [0.05, 0.1) is 0 Å². The molecule has 0 spiro atoms. The van der Waals surface area contributed by atoms with Crippen LogP contribution in [-0.2, 0) is 10.8 Å². The van der Waals surface area contributed by atoms with Gasteiger partial charge in [-0.05, 0) is 39.2 Å². The molecule has 0 radical (unpaired) electrons. The molecular formula is C22H27Br. The molecule has 0 saturated carbocycles. The van der Waals surface area contributed by atoms with E-state index in [0.717, 1.165) is 4.47 Å². The van der Waals surface area contributed by atoms with Gasteiger partial charge in [-0.1, -0.05) is 106 Å². The number of halogens is 1. The molecule has 122 valence electrons. The van der Waals surface area contributed by atoms with E-state index in [0.29, 0.717) is 0 Å². The second kappa shape index (κ2) is 6.65. The van der Waals surface area contributed by atoms with E-state index >= 15 is 0 Å². The lowest BCUT2D eigenvalue weighted by Gasteiger charge is -2.25. The standard InChI is InChI=1S/C22H27Br/c1-21(2,3)18-13-16(14-19(15-18)22(4,5)6)11-12-17-9-7-8-10-20(17)23/h7-15H,1-6H3/b12-11+. The fourth-order valence-electron chi connectivity index (χ4n) is 2.41. The van der Waals surface area contributed by atoms with Crippen LogP contribution in [-0.4, -0.2) is 0 Å². The molecular weight excluding hydrogens is 344 g/mol. The SMILES string of the molecule is CC(C)(C)c1cc(/C=C/c2ccccc2Br)cc(C(C)(C)C)c1. The summed E-state index contributed by atoms with van der Waals surface area (Å²) < 4.78 is 1.12. The summed E-state index contributed by atoms with van der Waals surface area (Å²) in [5.74, 6) is 0. The molecule has 0 N–H and O–H groups in total. The summed E-state index contributed by atoms with van der Waals surface area (Å²) in [5, 5.41) is 0. The highest BCUT2D eigenvalue weighted by Gasteiger charge is 2.19. The summed E-state index contributed by atoms with van der Waals surface area (Å²) in [6, 6.07) is 15.3. The van der Waals surface area contributed by atoms with Gasteiger partial charge in [0, 0.05) is 4.47 Å². The van der Waals surface area contributed by atoms with Crippen LogP contribution in [0.25, 0.3) is 12.2 Å². The van der Waals surface area contributed by atoms with Crippen LogP contribution in [0.15, 0.2) is 46.9 Å². The predicted molar refractivity (Wildman–Crippen MR) is 107 cm³/mol. The molecule has 0 aliphatic heterocycles. The van der Waals surface area contributed by atoms with Crippen LogP contribution in [0.4, 0.5) is 0 Å². The first-order chi connectivity index (χ1) is 10.6. The molecule has 0 aromatic heterocycles. The monoisotopic (exact) mass is 370 g/mol.